The number of carbonyl (C=O) groups is 1. The van der Waals surface area contributed by atoms with E-state index in [1.165, 1.54) is 0 Å². The van der Waals surface area contributed by atoms with E-state index in [2.05, 4.69) is 5.32 Å². The largest absolute Gasteiger partial charge is 0.496 e. The topological polar surface area (TPSA) is 50.8 Å². The molecule has 0 radical (unpaired) electrons. The quantitative estimate of drug-likeness (QED) is 0.933. The molecular formula is C15H21ClN2O3. The van der Waals surface area contributed by atoms with Crippen molar-refractivity contribution in [1.82, 2.24) is 10.2 Å². The van der Waals surface area contributed by atoms with Gasteiger partial charge >= 0.3 is 6.03 Å². The molecule has 1 heterocycles. The van der Waals surface area contributed by atoms with Crippen molar-refractivity contribution in [2.45, 2.75) is 32.6 Å². The van der Waals surface area contributed by atoms with Gasteiger partial charge in [-0.2, -0.15) is 0 Å². The molecule has 1 aliphatic heterocycles. The Morgan fingerprint density at radius 2 is 2.10 bits per heavy atom. The lowest BCUT2D eigenvalue weighted by atomic mass is 10.2. The van der Waals surface area contributed by atoms with Crippen LogP contribution in [0.3, 0.4) is 0 Å². The smallest absolute Gasteiger partial charge is 0.317 e. The number of benzene rings is 1. The van der Waals surface area contributed by atoms with Gasteiger partial charge in [0.15, 0.2) is 0 Å². The van der Waals surface area contributed by atoms with Gasteiger partial charge in [-0.1, -0.05) is 17.7 Å². The Hall–Kier alpha value is -1.46. The van der Waals surface area contributed by atoms with Crippen LogP contribution >= 0.6 is 11.6 Å². The third kappa shape index (κ3) is 4.25. The van der Waals surface area contributed by atoms with Gasteiger partial charge in [0.2, 0.25) is 0 Å². The number of morpholine rings is 1. The number of ether oxygens (including phenoxy) is 2. The van der Waals surface area contributed by atoms with Crippen molar-refractivity contribution in [1.29, 1.82) is 0 Å². The number of amides is 2. The van der Waals surface area contributed by atoms with Gasteiger partial charge in [0.25, 0.3) is 0 Å². The van der Waals surface area contributed by atoms with Crippen molar-refractivity contribution in [2.75, 3.05) is 20.2 Å². The molecule has 21 heavy (non-hydrogen) atoms. The second-order valence-corrected chi connectivity index (χ2v) is 5.71. The summed E-state index contributed by atoms with van der Waals surface area (Å²) in [6, 6.07) is 5.28. The fourth-order valence-electron chi connectivity index (χ4n) is 2.49. The van der Waals surface area contributed by atoms with Crippen LogP contribution in [0.4, 0.5) is 4.79 Å². The second kappa shape index (κ2) is 7.00. The zero-order valence-corrected chi connectivity index (χ0v) is 13.3. The molecule has 6 heteroatoms. The Morgan fingerprint density at radius 3 is 2.71 bits per heavy atom. The number of rotatable bonds is 3. The van der Waals surface area contributed by atoms with Crippen LogP contribution < -0.4 is 10.1 Å². The predicted molar refractivity (Wildman–Crippen MR) is 81.8 cm³/mol. The average molecular weight is 313 g/mol. The first-order chi connectivity index (χ1) is 9.99. The molecule has 1 fully saturated rings. The highest BCUT2D eigenvalue weighted by atomic mass is 35.5. The molecule has 2 rings (SSSR count). The maximum Gasteiger partial charge on any atom is 0.317 e. The molecule has 0 saturated carbocycles. The molecule has 1 aromatic carbocycles. The monoisotopic (exact) mass is 312 g/mol. The van der Waals surface area contributed by atoms with Gasteiger partial charge in [0, 0.05) is 30.2 Å². The number of nitrogens with one attached hydrogen (secondary N) is 1. The van der Waals surface area contributed by atoms with E-state index >= 15 is 0 Å². The van der Waals surface area contributed by atoms with E-state index < -0.39 is 0 Å². The van der Waals surface area contributed by atoms with Crippen LogP contribution in [0.5, 0.6) is 5.75 Å². The second-order valence-electron chi connectivity index (χ2n) is 5.28. The summed E-state index contributed by atoms with van der Waals surface area (Å²) in [5.41, 5.74) is 0.893. The van der Waals surface area contributed by atoms with E-state index in [4.69, 9.17) is 21.1 Å². The first-order valence-electron chi connectivity index (χ1n) is 7.00. The minimum absolute atomic E-state index is 0.0598. The Kier molecular flexibility index (Phi) is 5.31. The molecule has 2 unspecified atom stereocenters. The van der Waals surface area contributed by atoms with Gasteiger partial charge in [-0.15, -0.1) is 0 Å². The van der Waals surface area contributed by atoms with Crippen LogP contribution in [0, 0.1) is 0 Å². The maximum atomic E-state index is 12.2. The maximum absolute atomic E-state index is 12.2. The van der Waals surface area contributed by atoms with E-state index in [-0.39, 0.29) is 18.2 Å². The molecule has 0 aromatic heterocycles. The summed E-state index contributed by atoms with van der Waals surface area (Å²) in [5, 5.41) is 3.52. The van der Waals surface area contributed by atoms with Crippen molar-refractivity contribution in [3.05, 3.63) is 28.8 Å². The minimum Gasteiger partial charge on any atom is -0.496 e. The molecule has 0 aliphatic carbocycles. The number of methoxy groups -OCH3 is 1. The molecule has 1 saturated heterocycles. The fraction of sp³-hybridized carbons (Fsp3) is 0.533. The highest BCUT2D eigenvalue weighted by Crippen LogP contribution is 2.23. The highest BCUT2D eigenvalue weighted by Gasteiger charge is 2.25. The number of hydrogen-bond acceptors (Lipinski definition) is 3. The highest BCUT2D eigenvalue weighted by molar-refractivity contribution is 6.30. The summed E-state index contributed by atoms with van der Waals surface area (Å²) in [4.78, 5) is 14.0. The standard InChI is InChI=1S/C15H21ClN2O3/c1-10-8-18(9-11(2)21-10)15(19)17-7-12-4-5-13(16)6-14(12)20-3/h4-6,10-11H,7-9H2,1-3H3,(H,17,19). The Morgan fingerprint density at radius 1 is 1.43 bits per heavy atom. The van der Waals surface area contributed by atoms with E-state index in [0.29, 0.717) is 30.4 Å². The summed E-state index contributed by atoms with van der Waals surface area (Å²) in [6.45, 7) is 5.55. The van der Waals surface area contributed by atoms with Crippen molar-refractivity contribution < 1.29 is 14.3 Å². The Labute approximate surface area is 130 Å². The number of carbonyl (C=O) groups excluding carboxylic acids is 1. The van der Waals surface area contributed by atoms with Gasteiger partial charge in [-0.05, 0) is 26.0 Å². The van der Waals surface area contributed by atoms with Gasteiger partial charge in [0.05, 0.1) is 19.3 Å². The number of urea groups is 1. The van der Waals surface area contributed by atoms with Crippen molar-refractivity contribution in [3.63, 3.8) is 0 Å². The van der Waals surface area contributed by atoms with Crippen LogP contribution in [-0.4, -0.2) is 43.3 Å². The number of nitrogens with zero attached hydrogens (tertiary/aromatic N) is 1. The lowest BCUT2D eigenvalue weighted by Gasteiger charge is -2.35. The number of halogens is 1. The fourth-order valence-corrected chi connectivity index (χ4v) is 2.65. The van der Waals surface area contributed by atoms with Gasteiger partial charge in [-0.25, -0.2) is 4.79 Å². The molecule has 1 N–H and O–H groups in total. The third-order valence-corrected chi connectivity index (χ3v) is 3.62. The lowest BCUT2D eigenvalue weighted by Crippen LogP contribution is -2.51. The normalized spacial score (nSPS) is 22.0. The molecule has 0 spiro atoms. The first-order valence-corrected chi connectivity index (χ1v) is 7.38. The van der Waals surface area contributed by atoms with Gasteiger partial charge in [-0.3, -0.25) is 0 Å². The number of hydrogen-bond donors (Lipinski definition) is 1. The zero-order chi connectivity index (χ0) is 15.4. The molecule has 116 valence electrons. The van der Waals surface area contributed by atoms with Crippen molar-refractivity contribution >= 4 is 17.6 Å². The SMILES string of the molecule is COc1cc(Cl)ccc1CNC(=O)N1CC(C)OC(C)C1. The molecule has 2 atom stereocenters. The summed E-state index contributed by atoms with van der Waals surface area (Å²) in [7, 11) is 1.59. The molecule has 1 aliphatic rings. The Balaban J connectivity index is 1.95. The Bertz CT molecular complexity index is 500. The van der Waals surface area contributed by atoms with Crippen LogP contribution in [0.1, 0.15) is 19.4 Å². The summed E-state index contributed by atoms with van der Waals surface area (Å²) in [6.07, 6.45) is 0.120. The third-order valence-electron chi connectivity index (χ3n) is 3.39. The van der Waals surface area contributed by atoms with Crippen LogP contribution in [0.2, 0.25) is 5.02 Å². The van der Waals surface area contributed by atoms with Crippen LogP contribution in [-0.2, 0) is 11.3 Å². The van der Waals surface area contributed by atoms with Crippen LogP contribution in [0.25, 0.3) is 0 Å². The van der Waals surface area contributed by atoms with E-state index in [1.807, 2.05) is 19.9 Å². The molecule has 1 aromatic rings. The minimum atomic E-state index is -0.0889. The van der Waals surface area contributed by atoms with E-state index in [9.17, 15) is 4.79 Å². The lowest BCUT2D eigenvalue weighted by molar-refractivity contribution is -0.0545. The molecular weight excluding hydrogens is 292 g/mol. The van der Waals surface area contributed by atoms with Crippen molar-refractivity contribution in [2.24, 2.45) is 0 Å². The average Bonchev–Trinajstić information content (AvgIpc) is 2.44. The first kappa shape index (κ1) is 15.9. The van der Waals surface area contributed by atoms with E-state index in [1.54, 1.807) is 24.1 Å². The summed E-state index contributed by atoms with van der Waals surface area (Å²) in [5.74, 6) is 0.673. The van der Waals surface area contributed by atoms with E-state index in [0.717, 1.165) is 5.56 Å². The van der Waals surface area contributed by atoms with Gasteiger partial charge in [0.1, 0.15) is 5.75 Å². The molecule has 0 bridgehead atoms. The molecule has 5 nitrogen and oxygen atoms in total. The predicted octanol–water partition coefficient (Wildman–Crippen LogP) is 2.67. The van der Waals surface area contributed by atoms with Gasteiger partial charge < -0.3 is 19.7 Å². The van der Waals surface area contributed by atoms with Crippen molar-refractivity contribution in [3.8, 4) is 5.75 Å². The molecule has 2 amide bonds. The zero-order valence-electron chi connectivity index (χ0n) is 12.6. The summed E-state index contributed by atoms with van der Waals surface area (Å²) >= 11 is 5.92. The summed E-state index contributed by atoms with van der Waals surface area (Å²) < 4.78 is 10.9. The van der Waals surface area contributed by atoms with Crippen LogP contribution in [0.15, 0.2) is 18.2 Å².